The lowest BCUT2D eigenvalue weighted by atomic mass is 10.2. The normalized spacial score (nSPS) is 10.3. The molecule has 0 unspecified atom stereocenters. The van der Waals surface area contributed by atoms with Crippen LogP contribution in [0.4, 0.5) is 15.8 Å². The Morgan fingerprint density at radius 1 is 1.09 bits per heavy atom. The maximum atomic E-state index is 13.6. The predicted octanol–water partition coefficient (Wildman–Crippen LogP) is 4.03. The zero-order valence-electron chi connectivity index (χ0n) is 13.9. The van der Waals surface area contributed by atoms with Crippen LogP contribution < -0.4 is 10.2 Å². The molecule has 0 saturated heterocycles. The molecule has 2 aromatic rings. The van der Waals surface area contributed by atoms with E-state index in [0.717, 1.165) is 11.3 Å². The Morgan fingerprint density at radius 2 is 1.74 bits per heavy atom. The van der Waals surface area contributed by atoms with Crippen molar-refractivity contribution in [2.24, 2.45) is 0 Å². The number of rotatable bonds is 4. The van der Waals surface area contributed by atoms with Crippen molar-refractivity contribution in [1.29, 1.82) is 0 Å². The van der Waals surface area contributed by atoms with Gasteiger partial charge >= 0.3 is 0 Å². The Balaban J connectivity index is 1.97. The highest BCUT2D eigenvalue weighted by Crippen LogP contribution is 2.16. The summed E-state index contributed by atoms with van der Waals surface area (Å²) in [6.45, 7) is 2.43. The molecule has 0 bridgehead atoms. The van der Waals surface area contributed by atoms with Gasteiger partial charge < -0.3 is 15.1 Å². The van der Waals surface area contributed by atoms with Gasteiger partial charge in [0.2, 0.25) is 0 Å². The minimum absolute atomic E-state index is 0.236. The van der Waals surface area contributed by atoms with Crippen LogP contribution in [0.2, 0.25) is 0 Å². The van der Waals surface area contributed by atoms with Gasteiger partial charge in [0.05, 0.1) is 0 Å². The van der Waals surface area contributed by atoms with E-state index >= 15 is 0 Å². The molecule has 0 heterocycles. The Labute approximate surface area is 142 Å². The summed E-state index contributed by atoms with van der Waals surface area (Å²) in [5.41, 5.74) is 3.60. The average Bonchev–Trinajstić information content (AvgIpc) is 2.51. The third kappa shape index (κ3) is 4.66. The van der Waals surface area contributed by atoms with Crippen molar-refractivity contribution in [3.8, 4) is 0 Å². The van der Waals surface area contributed by atoms with E-state index < -0.39 is 0 Å². The molecule has 23 heavy (non-hydrogen) atoms. The van der Waals surface area contributed by atoms with Gasteiger partial charge in [-0.1, -0.05) is 18.2 Å². The smallest absolute Gasteiger partial charge is 0.173 e. The van der Waals surface area contributed by atoms with E-state index in [9.17, 15) is 4.39 Å². The molecule has 122 valence electrons. The van der Waals surface area contributed by atoms with Crippen LogP contribution in [0.5, 0.6) is 0 Å². The molecule has 0 aromatic heterocycles. The summed E-state index contributed by atoms with van der Waals surface area (Å²) in [6.07, 6.45) is 0. The topological polar surface area (TPSA) is 18.5 Å². The summed E-state index contributed by atoms with van der Waals surface area (Å²) in [5, 5.41) is 3.63. The second-order valence-electron chi connectivity index (χ2n) is 5.81. The van der Waals surface area contributed by atoms with Crippen LogP contribution >= 0.6 is 12.2 Å². The van der Waals surface area contributed by atoms with Crippen molar-refractivity contribution in [2.45, 2.75) is 13.5 Å². The summed E-state index contributed by atoms with van der Waals surface area (Å²) in [6, 6.07) is 13.3. The van der Waals surface area contributed by atoms with Crippen LogP contribution in [0.1, 0.15) is 11.1 Å². The number of halogens is 1. The number of hydrogen-bond donors (Lipinski definition) is 1. The molecule has 0 aliphatic rings. The van der Waals surface area contributed by atoms with Gasteiger partial charge in [-0.05, 0) is 54.5 Å². The highest BCUT2D eigenvalue weighted by atomic mass is 32.1. The molecular weight excluding hydrogens is 309 g/mol. The van der Waals surface area contributed by atoms with Gasteiger partial charge in [0, 0.05) is 39.1 Å². The average molecular weight is 331 g/mol. The first-order chi connectivity index (χ1) is 10.9. The lowest BCUT2D eigenvalue weighted by Gasteiger charge is -2.22. The minimum Gasteiger partial charge on any atom is -0.378 e. The van der Waals surface area contributed by atoms with Gasteiger partial charge in [0.25, 0.3) is 0 Å². The van der Waals surface area contributed by atoms with Crippen molar-refractivity contribution < 1.29 is 4.39 Å². The monoisotopic (exact) mass is 331 g/mol. The molecule has 0 aliphatic carbocycles. The molecule has 0 radical (unpaired) electrons. The van der Waals surface area contributed by atoms with E-state index in [2.05, 4.69) is 34.5 Å². The summed E-state index contributed by atoms with van der Waals surface area (Å²) in [5.74, 6) is -0.236. The van der Waals surface area contributed by atoms with Crippen LogP contribution in [0.3, 0.4) is 0 Å². The van der Waals surface area contributed by atoms with Crippen molar-refractivity contribution in [3.05, 3.63) is 59.4 Å². The van der Waals surface area contributed by atoms with Crippen LogP contribution in [0.15, 0.2) is 42.5 Å². The number of anilines is 2. The van der Waals surface area contributed by atoms with Gasteiger partial charge in [-0.25, -0.2) is 4.39 Å². The number of nitrogens with one attached hydrogen (secondary N) is 1. The predicted molar refractivity (Wildman–Crippen MR) is 99.6 cm³/mol. The molecule has 0 fully saturated rings. The summed E-state index contributed by atoms with van der Waals surface area (Å²) >= 11 is 5.39. The van der Waals surface area contributed by atoms with Crippen molar-refractivity contribution in [3.63, 3.8) is 0 Å². The van der Waals surface area contributed by atoms with E-state index in [1.807, 2.05) is 32.1 Å². The Bertz CT molecular complexity index is 683. The summed E-state index contributed by atoms with van der Waals surface area (Å²) < 4.78 is 13.6. The lowest BCUT2D eigenvalue weighted by Crippen LogP contribution is -2.30. The standard InChI is InChI=1S/C18H22FN3S/c1-13-5-8-15(11-17(13)19)20-18(23)22(4)12-14-6-9-16(10-7-14)21(2)3/h5-11H,12H2,1-4H3,(H,20,23). The minimum atomic E-state index is -0.236. The summed E-state index contributed by atoms with van der Waals surface area (Å²) in [7, 11) is 5.95. The van der Waals surface area contributed by atoms with Gasteiger partial charge in [-0.15, -0.1) is 0 Å². The molecule has 1 N–H and O–H groups in total. The quantitative estimate of drug-likeness (QED) is 0.852. The first-order valence-corrected chi connectivity index (χ1v) is 7.82. The number of nitrogens with zero attached hydrogens (tertiary/aromatic N) is 2. The molecule has 0 spiro atoms. The zero-order valence-corrected chi connectivity index (χ0v) is 14.7. The first kappa shape index (κ1) is 17.2. The van der Waals surface area contributed by atoms with Crippen LogP contribution in [-0.2, 0) is 6.54 Å². The van der Waals surface area contributed by atoms with Crippen LogP contribution in [0.25, 0.3) is 0 Å². The third-order valence-electron chi connectivity index (χ3n) is 3.64. The van der Waals surface area contributed by atoms with Crippen LogP contribution in [0, 0.1) is 12.7 Å². The fourth-order valence-corrected chi connectivity index (χ4v) is 2.32. The van der Waals surface area contributed by atoms with E-state index in [0.29, 0.717) is 22.9 Å². The fourth-order valence-electron chi connectivity index (χ4n) is 2.13. The summed E-state index contributed by atoms with van der Waals surface area (Å²) in [4.78, 5) is 3.99. The molecule has 0 atom stereocenters. The van der Waals surface area contributed by atoms with Gasteiger partial charge in [0.1, 0.15) is 5.82 Å². The van der Waals surface area contributed by atoms with Gasteiger partial charge in [0.15, 0.2) is 5.11 Å². The SMILES string of the molecule is Cc1ccc(NC(=S)N(C)Cc2ccc(N(C)C)cc2)cc1F. The first-order valence-electron chi connectivity index (χ1n) is 7.41. The number of aryl methyl sites for hydroxylation is 1. The number of thiocarbonyl (C=S) groups is 1. The molecular formula is C18H22FN3S. The van der Waals surface area contributed by atoms with E-state index in [-0.39, 0.29) is 5.82 Å². The Kier molecular flexibility index (Phi) is 5.55. The molecule has 2 aromatic carbocycles. The highest BCUT2D eigenvalue weighted by molar-refractivity contribution is 7.80. The molecule has 0 saturated carbocycles. The largest absolute Gasteiger partial charge is 0.378 e. The van der Waals surface area contributed by atoms with E-state index in [1.165, 1.54) is 6.07 Å². The molecule has 3 nitrogen and oxygen atoms in total. The fraction of sp³-hybridized carbons (Fsp3) is 0.278. The molecule has 2 rings (SSSR count). The maximum absolute atomic E-state index is 13.6. The highest BCUT2D eigenvalue weighted by Gasteiger charge is 2.07. The van der Waals surface area contributed by atoms with E-state index in [1.54, 1.807) is 13.0 Å². The van der Waals surface area contributed by atoms with Crippen molar-refractivity contribution in [1.82, 2.24) is 4.90 Å². The maximum Gasteiger partial charge on any atom is 0.173 e. The molecule has 0 aliphatic heterocycles. The second kappa shape index (κ2) is 7.42. The molecule has 5 heteroatoms. The molecule has 0 amide bonds. The number of benzene rings is 2. The van der Waals surface area contributed by atoms with E-state index in [4.69, 9.17) is 12.2 Å². The van der Waals surface area contributed by atoms with Crippen molar-refractivity contribution in [2.75, 3.05) is 31.4 Å². The second-order valence-corrected chi connectivity index (χ2v) is 6.20. The van der Waals surface area contributed by atoms with Gasteiger partial charge in [-0.2, -0.15) is 0 Å². The van der Waals surface area contributed by atoms with Gasteiger partial charge in [-0.3, -0.25) is 0 Å². The number of hydrogen-bond acceptors (Lipinski definition) is 2. The lowest BCUT2D eigenvalue weighted by molar-refractivity contribution is 0.508. The Morgan fingerprint density at radius 3 is 2.30 bits per heavy atom. The zero-order chi connectivity index (χ0) is 17.0. The van der Waals surface area contributed by atoms with Crippen molar-refractivity contribution >= 4 is 28.7 Å². The van der Waals surface area contributed by atoms with Crippen LogP contribution in [-0.4, -0.2) is 31.2 Å². The third-order valence-corrected chi connectivity index (χ3v) is 4.06. The Hall–Kier alpha value is -2.14.